The molecule has 1 saturated heterocycles. The number of carbonyl (C=O) groups excluding carboxylic acids is 2. The minimum Gasteiger partial charge on any atom is -0.455 e. The highest BCUT2D eigenvalue weighted by molar-refractivity contribution is 5.89. The Morgan fingerprint density at radius 3 is 2.03 bits per heavy atom. The van der Waals surface area contributed by atoms with E-state index in [4.69, 9.17) is 28.4 Å². The summed E-state index contributed by atoms with van der Waals surface area (Å²) in [6.07, 6.45) is 13.1. The van der Waals surface area contributed by atoms with Gasteiger partial charge in [-0.1, -0.05) is 109 Å². The molecule has 1 heterocycles. The van der Waals surface area contributed by atoms with Crippen molar-refractivity contribution in [2.75, 3.05) is 48.1 Å². The molecular weight excluding hydrogens is 751 g/mol. The van der Waals surface area contributed by atoms with Crippen LogP contribution in [0.5, 0.6) is 0 Å². The maximum absolute atomic E-state index is 14.5. The van der Waals surface area contributed by atoms with E-state index in [0.717, 1.165) is 45.2 Å². The van der Waals surface area contributed by atoms with Crippen LogP contribution in [0.1, 0.15) is 133 Å². The second-order valence-corrected chi connectivity index (χ2v) is 19.2. The quantitative estimate of drug-likeness (QED) is 0.0863. The first kappa shape index (κ1) is 44.9. The third-order valence-corrected chi connectivity index (χ3v) is 16.5. The molecule has 0 aromatic heterocycles. The Morgan fingerprint density at radius 2 is 1.46 bits per heavy atom. The zero-order valence-corrected chi connectivity index (χ0v) is 36.9. The summed E-state index contributed by atoms with van der Waals surface area (Å²) in [5, 5.41) is 26.1. The van der Waals surface area contributed by atoms with Gasteiger partial charge in [0.2, 0.25) is 0 Å². The Hall–Kier alpha value is -2.12. The molecular formula is C48H75NO10. The van der Waals surface area contributed by atoms with E-state index in [1.54, 1.807) is 45.6 Å². The van der Waals surface area contributed by atoms with Gasteiger partial charge in [-0.05, 0) is 50.3 Å². The summed E-state index contributed by atoms with van der Waals surface area (Å²) in [4.78, 5) is 31.1. The fourth-order valence-electron chi connectivity index (χ4n) is 14.6. The first-order valence-electron chi connectivity index (χ1n) is 23.3. The SMILES string of the molecule is CCCCCCCCCCCCCCCC(=O)O[C@]12C(O)[C@H](OC)[C@]3(O)C[C@H]([C@@H]1[C@H]3OC(=O)c1ccccc1)[C@@]13[C@@H](OC)CC[C@@]4(COC)CN(CC)[C@@H]1[C@@H]2[C@H](OC)[C@H]43. The molecule has 1 aromatic carbocycles. The van der Waals surface area contributed by atoms with Crippen molar-refractivity contribution in [1.29, 1.82) is 0 Å². The molecule has 332 valence electrons. The number of piperidine rings is 1. The van der Waals surface area contributed by atoms with Gasteiger partial charge in [0.25, 0.3) is 0 Å². The highest BCUT2D eigenvalue weighted by atomic mass is 16.6. The van der Waals surface area contributed by atoms with Crippen LogP contribution in [0.3, 0.4) is 0 Å². The molecule has 59 heavy (non-hydrogen) atoms. The van der Waals surface area contributed by atoms with Crippen LogP contribution >= 0.6 is 0 Å². The number of nitrogens with zero attached hydrogens (tertiary/aromatic N) is 1. The van der Waals surface area contributed by atoms with E-state index >= 15 is 0 Å². The monoisotopic (exact) mass is 826 g/mol. The number of ether oxygens (including phenoxy) is 6. The lowest BCUT2D eigenvalue weighted by atomic mass is 9.43. The predicted octanol–water partition coefficient (Wildman–Crippen LogP) is 7.14. The number of methoxy groups -OCH3 is 4. The Labute approximate surface area is 353 Å². The van der Waals surface area contributed by atoms with Crippen molar-refractivity contribution in [2.45, 2.75) is 171 Å². The Kier molecular flexibility index (Phi) is 14.2. The second-order valence-electron chi connectivity index (χ2n) is 19.2. The van der Waals surface area contributed by atoms with Crippen LogP contribution in [0.25, 0.3) is 0 Å². The molecule has 1 aromatic rings. The smallest absolute Gasteiger partial charge is 0.338 e. The van der Waals surface area contributed by atoms with Crippen molar-refractivity contribution in [3.05, 3.63) is 35.9 Å². The number of benzene rings is 1. The van der Waals surface area contributed by atoms with Gasteiger partial charge in [0.1, 0.15) is 23.9 Å². The van der Waals surface area contributed by atoms with Gasteiger partial charge in [-0.25, -0.2) is 4.79 Å². The summed E-state index contributed by atoms with van der Waals surface area (Å²) in [5.74, 6) is -2.76. The third-order valence-electron chi connectivity index (χ3n) is 16.5. The number of carbonyl (C=O) groups is 2. The van der Waals surface area contributed by atoms with Crippen molar-refractivity contribution in [3.8, 4) is 0 Å². The van der Waals surface area contributed by atoms with Gasteiger partial charge in [-0.3, -0.25) is 9.69 Å². The number of unbranched alkanes of at least 4 members (excludes halogenated alkanes) is 12. The summed E-state index contributed by atoms with van der Waals surface area (Å²) >= 11 is 0. The molecule has 1 spiro atoms. The maximum Gasteiger partial charge on any atom is 0.338 e. The molecule has 14 atom stereocenters. The second kappa shape index (κ2) is 18.7. The number of rotatable bonds is 23. The van der Waals surface area contributed by atoms with Crippen molar-refractivity contribution >= 4 is 11.9 Å². The van der Waals surface area contributed by atoms with Crippen LogP contribution < -0.4 is 0 Å². The van der Waals surface area contributed by atoms with Crippen LogP contribution in [-0.4, -0.2) is 123 Å². The number of hydrogen-bond acceptors (Lipinski definition) is 11. The minimum absolute atomic E-state index is 0.107. The maximum atomic E-state index is 14.5. The molecule has 5 saturated carbocycles. The molecule has 11 nitrogen and oxygen atoms in total. The molecule has 0 amide bonds. The number of likely N-dealkylation sites (tertiary alicyclic amines) is 1. The Balaban J connectivity index is 1.21. The summed E-state index contributed by atoms with van der Waals surface area (Å²) in [5.41, 5.74) is -3.96. The van der Waals surface area contributed by atoms with Gasteiger partial charge >= 0.3 is 11.9 Å². The van der Waals surface area contributed by atoms with Crippen LogP contribution in [0, 0.1) is 34.5 Å². The van der Waals surface area contributed by atoms with E-state index in [0.29, 0.717) is 18.6 Å². The highest BCUT2D eigenvalue weighted by Gasteiger charge is 2.91. The zero-order chi connectivity index (χ0) is 42.0. The van der Waals surface area contributed by atoms with E-state index in [1.165, 1.54) is 64.9 Å². The van der Waals surface area contributed by atoms with E-state index in [-0.39, 0.29) is 48.2 Å². The summed E-state index contributed by atoms with van der Waals surface area (Å²) < 4.78 is 39.0. The molecule has 11 heteroatoms. The topological polar surface area (TPSA) is 133 Å². The van der Waals surface area contributed by atoms with E-state index in [9.17, 15) is 19.8 Å². The van der Waals surface area contributed by atoms with Crippen molar-refractivity contribution < 1.29 is 48.2 Å². The van der Waals surface area contributed by atoms with Gasteiger partial charge in [0.15, 0.2) is 5.60 Å². The van der Waals surface area contributed by atoms with Crippen molar-refractivity contribution in [3.63, 3.8) is 0 Å². The molecule has 1 aliphatic heterocycles. The first-order chi connectivity index (χ1) is 28.6. The molecule has 6 fully saturated rings. The zero-order valence-electron chi connectivity index (χ0n) is 36.9. The largest absolute Gasteiger partial charge is 0.455 e. The van der Waals surface area contributed by atoms with Gasteiger partial charge in [0, 0.05) is 76.0 Å². The van der Waals surface area contributed by atoms with Crippen molar-refractivity contribution in [2.24, 2.45) is 34.5 Å². The number of aliphatic hydroxyl groups excluding tert-OH is 1. The molecule has 6 aliphatic rings. The summed E-state index contributed by atoms with van der Waals surface area (Å²) in [6, 6.07) is 8.56. The van der Waals surface area contributed by atoms with Crippen LogP contribution in [0.4, 0.5) is 0 Å². The van der Waals surface area contributed by atoms with Crippen LogP contribution in [0.2, 0.25) is 0 Å². The lowest BCUT2D eigenvalue weighted by molar-refractivity contribution is -0.318. The highest BCUT2D eigenvalue weighted by Crippen LogP contribution is 2.80. The lowest BCUT2D eigenvalue weighted by Gasteiger charge is -2.69. The summed E-state index contributed by atoms with van der Waals surface area (Å²) in [6.45, 7) is 6.41. The Bertz CT molecular complexity index is 1560. The fraction of sp³-hybridized carbons (Fsp3) is 0.833. The van der Waals surface area contributed by atoms with Crippen molar-refractivity contribution in [1.82, 2.24) is 4.90 Å². The standard InChI is InChI=1S/C48H75NO10/c1-7-9-10-11-12-13-14-15-16-17-18-19-23-26-35(50)59-48-36-33(29-46(53,43(57-6)41(48)51)42(36)58-44(52)32-24-21-20-22-25-32)47-34(55-4)27-28-45(31-54-3)30-49(8-2)40(47)37(48)38(56-5)39(45)47/h20-22,24-25,33-34,36-43,51,53H,7-19,23,26-31H2,1-6H3/t33-,34+,36-,37+,38+,39-,40-,41?,42-,43+,45+,46+,47+,48-/m1/s1. The van der Waals surface area contributed by atoms with E-state index in [2.05, 4.69) is 18.7 Å². The molecule has 5 aliphatic carbocycles. The molecule has 0 radical (unpaired) electrons. The Morgan fingerprint density at radius 1 is 0.814 bits per heavy atom. The van der Waals surface area contributed by atoms with Gasteiger partial charge < -0.3 is 38.6 Å². The summed E-state index contributed by atoms with van der Waals surface area (Å²) in [7, 11) is 6.73. The first-order valence-corrected chi connectivity index (χ1v) is 23.3. The molecule has 1 unspecified atom stereocenters. The fourth-order valence-corrected chi connectivity index (χ4v) is 14.6. The normalized spacial score (nSPS) is 40.3. The molecule has 7 bridgehead atoms. The number of hydrogen-bond donors (Lipinski definition) is 2. The predicted molar refractivity (Wildman–Crippen MR) is 224 cm³/mol. The van der Waals surface area contributed by atoms with E-state index in [1.807, 2.05) is 6.07 Å². The average Bonchev–Trinajstić information content (AvgIpc) is 3.62. The minimum atomic E-state index is -1.77. The van der Waals surface area contributed by atoms with Gasteiger partial charge in [-0.2, -0.15) is 0 Å². The third kappa shape index (κ3) is 7.22. The van der Waals surface area contributed by atoms with Crippen LogP contribution in [-0.2, 0) is 33.2 Å². The lowest BCUT2D eigenvalue weighted by Crippen LogP contribution is -2.81. The van der Waals surface area contributed by atoms with Gasteiger partial charge in [0.05, 0.1) is 24.4 Å². The number of esters is 2. The molecule has 2 N–H and O–H groups in total. The van der Waals surface area contributed by atoms with Crippen LogP contribution in [0.15, 0.2) is 30.3 Å². The number of aliphatic hydroxyl groups is 2. The van der Waals surface area contributed by atoms with E-state index < -0.39 is 58.8 Å². The van der Waals surface area contributed by atoms with Gasteiger partial charge in [-0.15, -0.1) is 0 Å². The number of fused-ring (bicyclic) bond motifs is 2. The molecule has 7 rings (SSSR count). The average molecular weight is 826 g/mol.